The molecule has 0 aliphatic heterocycles. The third-order valence-corrected chi connectivity index (χ3v) is 4.03. The normalized spacial score (nSPS) is 10.5. The van der Waals surface area contributed by atoms with Crippen LogP contribution >= 0.6 is 0 Å². The van der Waals surface area contributed by atoms with E-state index in [0.29, 0.717) is 40.8 Å². The fourth-order valence-corrected chi connectivity index (χ4v) is 2.68. The number of carbonyl (C=O) groups is 1. The Hall–Kier alpha value is -3.82. The minimum atomic E-state index is -0.504. The van der Waals surface area contributed by atoms with Crippen molar-refractivity contribution >= 4 is 17.5 Å². The van der Waals surface area contributed by atoms with Gasteiger partial charge in [-0.3, -0.25) is 15.1 Å². The minimum Gasteiger partial charge on any atom is -0.497 e. The number of nitrogens with zero attached hydrogens (tertiary/aromatic N) is 3. The average molecular weight is 398 g/mol. The first-order valence-electron chi connectivity index (χ1n) is 8.90. The lowest BCUT2D eigenvalue weighted by molar-refractivity contribution is 0.262. The van der Waals surface area contributed by atoms with Crippen molar-refractivity contribution in [3.05, 3.63) is 52.1 Å². The molecule has 0 aliphatic carbocycles. The number of amides is 2. The van der Waals surface area contributed by atoms with Crippen molar-refractivity contribution in [2.24, 2.45) is 0 Å². The molecule has 0 saturated heterocycles. The molecule has 0 saturated carbocycles. The van der Waals surface area contributed by atoms with Gasteiger partial charge in [0.2, 0.25) is 5.95 Å². The van der Waals surface area contributed by atoms with Gasteiger partial charge >= 0.3 is 6.03 Å². The maximum Gasteiger partial charge on any atom is 0.324 e. The lowest BCUT2D eigenvalue weighted by atomic mass is 10.3. The van der Waals surface area contributed by atoms with Gasteiger partial charge in [0.05, 0.1) is 19.9 Å². The number of ether oxygens (including phenoxy) is 2. The zero-order valence-corrected chi connectivity index (χ0v) is 16.6. The first-order valence-corrected chi connectivity index (χ1v) is 8.90. The third kappa shape index (κ3) is 4.72. The molecular weight excluding hydrogens is 376 g/mol. The fraction of sp³-hybridized carbons (Fsp3) is 0.263. The number of hydrogen-bond donors (Lipinski definition) is 3. The summed E-state index contributed by atoms with van der Waals surface area (Å²) >= 11 is 0. The molecule has 10 nitrogen and oxygen atoms in total. The summed E-state index contributed by atoms with van der Waals surface area (Å²) in [7, 11) is 3.05. The van der Waals surface area contributed by atoms with Crippen LogP contribution in [-0.4, -0.2) is 40.0 Å². The molecule has 152 valence electrons. The molecular formula is C19H22N6O4. The number of H-pyrrole nitrogens is 1. The summed E-state index contributed by atoms with van der Waals surface area (Å²) in [5.41, 5.74) is 1.46. The van der Waals surface area contributed by atoms with Crippen molar-refractivity contribution in [1.82, 2.24) is 19.7 Å². The molecule has 2 aromatic heterocycles. The average Bonchev–Trinajstić information content (AvgIpc) is 3.06. The number of aromatic amines is 1. The second kappa shape index (κ2) is 8.46. The lowest BCUT2D eigenvalue weighted by Crippen LogP contribution is -2.23. The Morgan fingerprint density at radius 2 is 1.79 bits per heavy atom. The van der Waals surface area contributed by atoms with Crippen molar-refractivity contribution in [1.29, 1.82) is 0 Å². The standard InChI is InChI=1S/C19H22N6O4/c1-5-12-9-17(26)23-18(20-12)25-16(6-11(2)24-25)22-19(27)21-13-7-14(28-3)10-15(8-13)29-4/h6-10H,5H2,1-4H3,(H,20,23,26)(H2,21,22,27). The van der Waals surface area contributed by atoms with Crippen LogP contribution in [0.3, 0.4) is 0 Å². The number of hydrogen-bond acceptors (Lipinski definition) is 6. The summed E-state index contributed by atoms with van der Waals surface area (Å²) in [5.74, 6) is 1.66. The van der Waals surface area contributed by atoms with E-state index in [0.717, 1.165) is 0 Å². The molecule has 0 spiro atoms. The van der Waals surface area contributed by atoms with Gasteiger partial charge in [0.1, 0.15) is 17.3 Å². The van der Waals surface area contributed by atoms with Crippen LogP contribution in [0.5, 0.6) is 11.5 Å². The molecule has 0 aliphatic rings. The van der Waals surface area contributed by atoms with Crippen LogP contribution in [0.15, 0.2) is 35.1 Å². The molecule has 29 heavy (non-hydrogen) atoms. The van der Waals surface area contributed by atoms with E-state index in [9.17, 15) is 9.59 Å². The first kappa shape index (κ1) is 19.9. The molecule has 3 rings (SSSR count). The van der Waals surface area contributed by atoms with Crippen LogP contribution < -0.4 is 25.7 Å². The Bertz CT molecular complexity index is 1070. The Balaban J connectivity index is 1.85. The van der Waals surface area contributed by atoms with Gasteiger partial charge in [-0.05, 0) is 13.3 Å². The largest absolute Gasteiger partial charge is 0.497 e. The molecule has 2 amide bonds. The number of carbonyl (C=O) groups excluding carboxylic acids is 1. The van der Waals surface area contributed by atoms with Crippen molar-refractivity contribution in [2.75, 3.05) is 24.9 Å². The van der Waals surface area contributed by atoms with Crippen molar-refractivity contribution in [3.8, 4) is 17.4 Å². The monoisotopic (exact) mass is 398 g/mol. The summed E-state index contributed by atoms with van der Waals surface area (Å²) in [6, 6.07) is 7.61. The van der Waals surface area contributed by atoms with Gasteiger partial charge < -0.3 is 14.8 Å². The van der Waals surface area contributed by atoms with Gasteiger partial charge in [0, 0.05) is 41.7 Å². The number of rotatable bonds is 6. The highest BCUT2D eigenvalue weighted by Gasteiger charge is 2.14. The number of urea groups is 1. The number of nitrogens with one attached hydrogen (secondary N) is 3. The van der Waals surface area contributed by atoms with E-state index >= 15 is 0 Å². The zero-order valence-electron chi connectivity index (χ0n) is 16.6. The maximum atomic E-state index is 12.5. The van der Waals surface area contributed by atoms with E-state index in [1.54, 1.807) is 31.2 Å². The van der Waals surface area contributed by atoms with E-state index in [2.05, 4.69) is 25.7 Å². The molecule has 0 radical (unpaired) electrons. The first-order chi connectivity index (χ1) is 13.9. The van der Waals surface area contributed by atoms with E-state index in [4.69, 9.17) is 9.47 Å². The molecule has 3 aromatic rings. The quantitative estimate of drug-likeness (QED) is 0.586. The summed E-state index contributed by atoms with van der Waals surface area (Å²) < 4.78 is 11.8. The highest BCUT2D eigenvalue weighted by molar-refractivity contribution is 5.99. The number of methoxy groups -OCH3 is 2. The van der Waals surface area contributed by atoms with Gasteiger partial charge in [0.25, 0.3) is 5.56 Å². The molecule has 10 heteroatoms. The topological polar surface area (TPSA) is 123 Å². The van der Waals surface area contributed by atoms with E-state index < -0.39 is 6.03 Å². The van der Waals surface area contributed by atoms with Crippen molar-refractivity contribution in [3.63, 3.8) is 0 Å². The molecule has 0 unspecified atom stereocenters. The lowest BCUT2D eigenvalue weighted by Gasteiger charge is -2.12. The van der Waals surface area contributed by atoms with E-state index in [-0.39, 0.29) is 11.5 Å². The second-order valence-electron chi connectivity index (χ2n) is 6.18. The highest BCUT2D eigenvalue weighted by atomic mass is 16.5. The zero-order chi connectivity index (χ0) is 21.0. The number of anilines is 2. The SMILES string of the molecule is CCc1cc(=O)[nH]c(-n2nc(C)cc2NC(=O)Nc2cc(OC)cc(OC)c2)n1. The van der Waals surface area contributed by atoms with Crippen LogP contribution in [0.25, 0.3) is 5.95 Å². The number of aromatic nitrogens is 4. The Kier molecular flexibility index (Phi) is 5.82. The Morgan fingerprint density at radius 1 is 1.10 bits per heavy atom. The summed E-state index contributed by atoms with van der Waals surface area (Å²) in [6.07, 6.45) is 0.595. The highest BCUT2D eigenvalue weighted by Crippen LogP contribution is 2.26. The maximum absolute atomic E-state index is 12.5. The van der Waals surface area contributed by atoms with Gasteiger partial charge in [0.15, 0.2) is 0 Å². The summed E-state index contributed by atoms with van der Waals surface area (Å²) in [5, 5.41) is 9.75. The van der Waals surface area contributed by atoms with Crippen LogP contribution in [-0.2, 0) is 6.42 Å². The molecule has 3 N–H and O–H groups in total. The van der Waals surface area contributed by atoms with Crippen molar-refractivity contribution < 1.29 is 14.3 Å². The fourth-order valence-electron chi connectivity index (χ4n) is 2.68. The van der Waals surface area contributed by atoms with Gasteiger partial charge in [-0.1, -0.05) is 6.92 Å². The number of benzene rings is 1. The molecule has 1 aromatic carbocycles. The Morgan fingerprint density at radius 3 is 2.41 bits per heavy atom. The third-order valence-electron chi connectivity index (χ3n) is 4.03. The van der Waals surface area contributed by atoms with Crippen LogP contribution in [0.1, 0.15) is 18.3 Å². The molecule has 0 bridgehead atoms. The second-order valence-corrected chi connectivity index (χ2v) is 6.18. The van der Waals surface area contributed by atoms with Crippen LogP contribution in [0.2, 0.25) is 0 Å². The van der Waals surface area contributed by atoms with E-state index in [1.807, 2.05) is 6.92 Å². The summed E-state index contributed by atoms with van der Waals surface area (Å²) in [6.45, 7) is 3.67. The van der Waals surface area contributed by atoms with Crippen LogP contribution in [0, 0.1) is 6.92 Å². The predicted molar refractivity (Wildman–Crippen MR) is 108 cm³/mol. The number of aryl methyl sites for hydroxylation is 2. The smallest absolute Gasteiger partial charge is 0.324 e. The van der Waals surface area contributed by atoms with Gasteiger partial charge in [-0.25, -0.2) is 9.78 Å². The van der Waals surface area contributed by atoms with E-state index in [1.165, 1.54) is 25.0 Å². The Labute approximate surface area is 166 Å². The summed E-state index contributed by atoms with van der Waals surface area (Å²) in [4.78, 5) is 31.4. The molecule has 0 fully saturated rings. The van der Waals surface area contributed by atoms with Gasteiger partial charge in [-0.15, -0.1) is 0 Å². The van der Waals surface area contributed by atoms with Crippen molar-refractivity contribution in [2.45, 2.75) is 20.3 Å². The minimum absolute atomic E-state index is 0.223. The molecule has 0 atom stereocenters. The molecule has 2 heterocycles. The van der Waals surface area contributed by atoms with Gasteiger partial charge in [-0.2, -0.15) is 9.78 Å². The predicted octanol–water partition coefficient (Wildman–Crippen LogP) is 2.49. The van der Waals surface area contributed by atoms with Crippen LogP contribution in [0.4, 0.5) is 16.3 Å².